The number of benzene rings is 2. The number of imidazole rings is 1. The van der Waals surface area contributed by atoms with Crippen molar-refractivity contribution < 1.29 is 9.47 Å². The highest BCUT2D eigenvalue weighted by atomic mass is 16.5. The van der Waals surface area contributed by atoms with Gasteiger partial charge in [0, 0.05) is 31.5 Å². The van der Waals surface area contributed by atoms with Crippen molar-refractivity contribution >= 4 is 21.9 Å². The number of aromatic nitrogens is 3. The summed E-state index contributed by atoms with van der Waals surface area (Å²) in [5, 5.41) is 0.951. The number of pyridine rings is 1. The minimum atomic E-state index is -0.123. The molecule has 0 unspecified atom stereocenters. The lowest BCUT2D eigenvalue weighted by Gasteiger charge is -2.23. The Morgan fingerprint density at radius 3 is 2.70 bits per heavy atom. The number of nitrogens with one attached hydrogen (secondary N) is 1. The standard InChI is InChI=1S/C26H30N4O3/c1-29(2)12-14-33-20-9-6-17(7-10-20)18-8-11-22-21(15-18)24-25(30(3)26(31)28-24)23(27-22)19-5-4-13-32-16-19/h6-11,15,19H,4-5,12-14,16H2,1-3H3,(H,28,31)/t19-/m0/s1. The van der Waals surface area contributed by atoms with Crippen LogP contribution in [0.5, 0.6) is 5.75 Å². The zero-order chi connectivity index (χ0) is 22.9. The van der Waals surface area contributed by atoms with Crippen LogP contribution in [0.25, 0.3) is 33.1 Å². The maximum absolute atomic E-state index is 12.6. The van der Waals surface area contributed by atoms with E-state index >= 15 is 0 Å². The van der Waals surface area contributed by atoms with E-state index in [0.29, 0.717) is 13.2 Å². The molecule has 7 nitrogen and oxygen atoms in total. The van der Waals surface area contributed by atoms with Crippen molar-refractivity contribution in [2.45, 2.75) is 18.8 Å². The number of hydrogen-bond donors (Lipinski definition) is 1. The molecular weight excluding hydrogens is 416 g/mol. The van der Waals surface area contributed by atoms with Gasteiger partial charge in [-0.1, -0.05) is 18.2 Å². The van der Waals surface area contributed by atoms with Gasteiger partial charge in [0.1, 0.15) is 12.4 Å². The van der Waals surface area contributed by atoms with Crippen LogP contribution in [0.2, 0.25) is 0 Å². The first kappa shape index (κ1) is 21.7. The van der Waals surface area contributed by atoms with Crippen molar-refractivity contribution in [2.75, 3.05) is 40.5 Å². The van der Waals surface area contributed by atoms with E-state index in [1.807, 2.05) is 32.3 Å². The van der Waals surface area contributed by atoms with Gasteiger partial charge in [0.25, 0.3) is 0 Å². The van der Waals surface area contributed by atoms with Gasteiger partial charge in [0.05, 0.1) is 28.9 Å². The third-order valence-corrected chi connectivity index (χ3v) is 6.40. The number of rotatable bonds is 6. The summed E-state index contributed by atoms with van der Waals surface area (Å²) in [7, 11) is 5.87. The molecule has 2 aromatic heterocycles. The van der Waals surface area contributed by atoms with Gasteiger partial charge in [-0.05, 0) is 62.3 Å². The Balaban J connectivity index is 1.53. The molecule has 0 radical (unpaired) electrons. The van der Waals surface area contributed by atoms with E-state index in [2.05, 4.69) is 34.1 Å². The Kier molecular flexibility index (Phi) is 5.91. The molecule has 1 N–H and O–H groups in total. The molecule has 1 aliphatic heterocycles. The smallest absolute Gasteiger partial charge is 0.326 e. The lowest BCUT2D eigenvalue weighted by Crippen LogP contribution is -2.19. The van der Waals surface area contributed by atoms with Gasteiger partial charge >= 0.3 is 5.69 Å². The normalized spacial score (nSPS) is 16.7. The summed E-state index contributed by atoms with van der Waals surface area (Å²) in [6.07, 6.45) is 2.03. The number of hydrogen-bond acceptors (Lipinski definition) is 5. The van der Waals surface area contributed by atoms with Crippen LogP contribution in [0.4, 0.5) is 0 Å². The average molecular weight is 447 g/mol. The molecule has 0 aliphatic carbocycles. The molecule has 0 saturated carbocycles. The van der Waals surface area contributed by atoms with Crippen LogP contribution in [-0.4, -0.2) is 59.9 Å². The van der Waals surface area contributed by atoms with Crippen LogP contribution < -0.4 is 10.4 Å². The number of fused-ring (bicyclic) bond motifs is 3. The van der Waals surface area contributed by atoms with Crippen molar-refractivity contribution in [2.24, 2.45) is 7.05 Å². The minimum Gasteiger partial charge on any atom is -0.492 e. The van der Waals surface area contributed by atoms with Crippen LogP contribution in [0.3, 0.4) is 0 Å². The Morgan fingerprint density at radius 1 is 1.18 bits per heavy atom. The fourth-order valence-electron chi connectivity index (χ4n) is 4.54. The molecule has 1 saturated heterocycles. The first-order valence-corrected chi connectivity index (χ1v) is 11.5. The zero-order valence-corrected chi connectivity index (χ0v) is 19.4. The molecule has 5 rings (SSSR count). The molecule has 0 spiro atoms. The highest BCUT2D eigenvalue weighted by molar-refractivity contribution is 6.04. The molecule has 1 aliphatic rings. The Labute approximate surface area is 193 Å². The minimum absolute atomic E-state index is 0.123. The van der Waals surface area contributed by atoms with Crippen LogP contribution >= 0.6 is 0 Å². The molecule has 0 amide bonds. The number of nitrogens with zero attached hydrogens (tertiary/aromatic N) is 3. The summed E-state index contributed by atoms with van der Waals surface area (Å²) in [6.45, 7) is 2.97. The maximum Gasteiger partial charge on any atom is 0.326 e. The van der Waals surface area contributed by atoms with Crippen molar-refractivity contribution in [1.29, 1.82) is 0 Å². The molecule has 33 heavy (non-hydrogen) atoms. The van der Waals surface area contributed by atoms with Crippen molar-refractivity contribution in [3.05, 3.63) is 58.6 Å². The number of aryl methyl sites for hydroxylation is 1. The molecule has 1 fully saturated rings. The predicted octanol–water partition coefficient (Wildman–Crippen LogP) is 3.92. The maximum atomic E-state index is 12.6. The van der Waals surface area contributed by atoms with Gasteiger partial charge in [-0.2, -0.15) is 0 Å². The summed E-state index contributed by atoms with van der Waals surface area (Å²) in [6, 6.07) is 14.4. The van der Waals surface area contributed by atoms with Crippen molar-refractivity contribution in [3.8, 4) is 16.9 Å². The second kappa shape index (κ2) is 9.00. The summed E-state index contributed by atoms with van der Waals surface area (Å²) in [4.78, 5) is 22.8. The largest absolute Gasteiger partial charge is 0.492 e. The van der Waals surface area contributed by atoms with Crippen LogP contribution in [0.1, 0.15) is 24.5 Å². The quantitative estimate of drug-likeness (QED) is 0.486. The molecule has 7 heteroatoms. The summed E-state index contributed by atoms with van der Waals surface area (Å²) in [5.74, 6) is 1.06. The van der Waals surface area contributed by atoms with E-state index in [0.717, 1.165) is 70.5 Å². The highest BCUT2D eigenvalue weighted by Crippen LogP contribution is 2.34. The summed E-state index contributed by atoms with van der Waals surface area (Å²) >= 11 is 0. The van der Waals surface area contributed by atoms with Crippen LogP contribution in [-0.2, 0) is 11.8 Å². The van der Waals surface area contributed by atoms with E-state index in [9.17, 15) is 4.79 Å². The lowest BCUT2D eigenvalue weighted by molar-refractivity contribution is 0.0797. The SMILES string of the molecule is CN(C)CCOc1ccc(-c2ccc3nc([C@H]4CCCOC4)c4c([nH]c(=O)n4C)c3c2)cc1. The van der Waals surface area contributed by atoms with Gasteiger partial charge in [0.15, 0.2) is 0 Å². The monoisotopic (exact) mass is 446 g/mol. The first-order chi connectivity index (χ1) is 16.0. The van der Waals surface area contributed by atoms with Crippen LogP contribution in [0, 0.1) is 0 Å². The third kappa shape index (κ3) is 4.26. The summed E-state index contributed by atoms with van der Waals surface area (Å²) in [5.41, 5.74) is 5.60. The van der Waals surface area contributed by atoms with E-state index in [1.54, 1.807) is 11.6 Å². The molecule has 3 heterocycles. The van der Waals surface area contributed by atoms with Gasteiger partial charge in [0.2, 0.25) is 0 Å². The Morgan fingerprint density at radius 2 is 1.97 bits per heavy atom. The van der Waals surface area contributed by atoms with Crippen molar-refractivity contribution in [3.63, 3.8) is 0 Å². The van der Waals surface area contributed by atoms with Gasteiger partial charge in [-0.3, -0.25) is 9.55 Å². The number of ether oxygens (including phenoxy) is 2. The number of H-pyrrole nitrogens is 1. The fraction of sp³-hybridized carbons (Fsp3) is 0.385. The second-order valence-electron chi connectivity index (χ2n) is 9.03. The fourth-order valence-corrected chi connectivity index (χ4v) is 4.54. The molecular formula is C26H30N4O3. The molecule has 1 atom stereocenters. The zero-order valence-electron chi connectivity index (χ0n) is 19.4. The van der Waals surface area contributed by atoms with Gasteiger partial charge < -0.3 is 19.4 Å². The summed E-state index contributed by atoms with van der Waals surface area (Å²) < 4.78 is 13.2. The van der Waals surface area contributed by atoms with E-state index in [-0.39, 0.29) is 11.6 Å². The number of aromatic amines is 1. The van der Waals surface area contributed by atoms with E-state index < -0.39 is 0 Å². The lowest BCUT2D eigenvalue weighted by atomic mass is 9.95. The highest BCUT2D eigenvalue weighted by Gasteiger charge is 2.24. The van der Waals surface area contributed by atoms with Crippen LogP contribution in [0.15, 0.2) is 47.3 Å². The third-order valence-electron chi connectivity index (χ3n) is 6.40. The second-order valence-corrected chi connectivity index (χ2v) is 9.03. The topological polar surface area (TPSA) is 72.4 Å². The van der Waals surface area contributed by atoms with Gasteiger partial charge in [-0.25, -0.2) is 4.79 Å². The van der Waals surface area contributed by atoms with Crippen molar-refractivity contribution in [1.82, 2.24) is 19.4 Å². The first-order valence-electron chi connectivity index (χ1n) is 11.5. The predicted molar refractivity (Wildman–Crippen MR) is 131 cm³/mol. The van der Waals surface area contributed by atoms with Gasteiger partial charge in [-0.15, -0.1) is 0 Å². The molecule has 0 bridgehead atoms. The molecule has 2 aromatic carbocycles. The molecule has 4 aromatic rings. The number of likely N-dealkylation sites (N-methyl/N-ethyl adjacent to an activating group) is 1. The molecule has 172 valence electrons. The Bertz CT molecular complexity index is 1330. The van der Waals surface area contributed by atoms with E-state index in [4.69, 9.17) is 14.5 Å². The Hall–Kier alpha value is -3.16. The average Bonchev–Trinajstić information content (AvgIpc) is 3.13. The van der Waals surface area contributed by atoms with E-state index in [1.165, 1.54) is 0 Å².